The van der Waals surface area contributed by atoms with Gasteiger partial charge in [-0.05, 0) is 13.0 Å². The van der Waals surface area contributed by atoms with Gasteiger partial charge in [0.05, 0.1) is 17.3 Å². The highest BCUT2D eigenvalue weighted by atomic mass is 19.1. The van der Waals surface area contributed by atoms with Gasteiger partial charge in [-0.1, -0.05) is 0 Å². The molecule has 0 bridgehead atoms. The maximum atomic E-state index is 13.4. The summed E-state index contributed by atoms with van der Waals surface area (Å²) in [6.45, 7) is 2.97. The second-order valence-corrected chi connectivity index (χ2v) is 3.13. The highest BCUT2D eigenvalue weighted by molar-refractivity contribution is 5.73. The van der Waals surface area contributed by atoms with Crippen LogP contribution in [0.2, 0.25) is 0 Å². The number of nitrogens with zero attached hydrogens (tertiary/aromatic N) is 2. The molecular weight excluding hydrogens is 197 g/mol. The van der Waals surface area contributed by atoms with E-state index < -0.39 is 11.9 Å². The number of hydrogen-bond acceptors (Lipinski definition) is 3. The summed E-state index contributed by atoms with van der Waals surface area (Å²) in [6, 6.07) is 2.38. The number of halogens is 1. The Morgan fingerprint density at radius 1 is 1.73 bits per heavy atom. The number of nitriles is 1. The second kappa shape index (κ2) is 4.51. The van der Waals surface area contributed by atoms with E-state index >= 15 is 0 Å². The molecule has 1 N–H and O–H groups in total. The van der Waals surface area contributed by atoms with Gasteiger partial charge in [-0.2, -0.15) is 5.26 Å². The molecule has 1 rings (SSSR count). The Labute approximate surface area is 86.7 Å². The molecule has 0 aliphatic rings. The molecule has 4 nitrogen and oxygen atoms in total. The van der Waals surface area contributed by atoms with Crippen molar-refractivity contribution >= 4 is 5.91 Å². The van der Waals surface area contributed by atoms with Gasteiger partial charge in [0, 0.05) is 13.1 Å². The van der Waals surface area contributed by atoms with E-state index in [-0.39, 0.29) is 17.2 Å². The summed E-state index contributed by atoms with van der Waals surface area (Å²) in [4.78, 5) is 14.5. The molecule has 0 aliphatic carbocycles. The van der Waals surface area contributed by atoms with Crippen molar-refractivity contribution < 1.29 is 9.18 Å². The fourth-order valence-electron chi connectivity index (χ4n) is 1.20. The predicted octanol–water partition coefficient (Wildman–Crippen LogP) is 1.29. The Bertz CT molecular complexity index is 425. The van der Waals surface area contributed by atoms with Gasteiger partial charge in [0.2, 0.25) is 5.91 Å². The molecule has 5 heteroatoms. The monoisotopic (exact) mass is 207 g/mol. The highest BCUT2D eigenvalue weighted by Gasteiger charge is 2.13. The minimum Gasteiger partial charge on any atom is -0.348 e. The van der Waals surface area contributed by atoms with Gasteiger partial charge >= 0.3 is 0 Å². The summed E-state index contributed by atoms with van der Waals surface area (Å²) in [5.74, 6) is -0.844. The summed E-state index contributed by atoms with van der Waals surface area (Å²) in [5, 5.41) is 11.0. The molecule has 0 aromatic carbocycles. The normalized spacial score (nSPS) is 11.6. The van der Waals surface area contributed by atoms with Crippen LogP contribution in [0.5, 0.6) is 0 Å². The van der Waals surface area contributed by atoms with Crippen LogP contribution >= 0.6 is 0 Å². The number of aromatic nitrogens is 1. The Hall–Kier alpha value is -1.96. The third-order valence-electron chi connectivity index (χ3n) is 1.83. The molecule has 0 fully saturated rings. The lowest BCUT2D eigenvalue weighted by Gasteiger charge is -2.12. The molecule has 0 saturated carbocycles. The van der Waals surface area contributed by atoms with E-state index in [0.29, 0.717) is 0 Å². The highest BCUT2D eigenvalue weighted by Crippen LogP contribution is 2.14. The van der Waals surface area contributed by atoms with Crippen molar-refractivity contribution in [1.29, 1.82) is 5.26 Å². The van der Waals surface area contributed by atoms with Gasteiger partial charge in [-0.25, -0.2) is 4.39 Å². The van der Waals surface area contributed by atoms with Gasteiger partial charge in [0.15, 0.2) is 0 Å². The zero-order chi connectivity index (χ0) is 11.4. The van der Waals surface area contributed by atoms with Crippen molar-refractivity contribution in [2.24, 2.45) is 0 Å². The van der Waals surface area contributed by atoms with Crippen LogP contribution in [0.4, 0.5) is 4.39 Å². The van der Waals surface area contributed by atoms with Crippen molar-refractivity contribution in [2.45, 2.75) is 19.9 Å². The van der Waals surface area contributed by atoms with E-state index in [1.807, 2.05) is 0 Å². The fraction of sp³-hybridized carbons (Fsp3) is 0.300. The number of carbonyl (C=O) groups is 1. The van der Waals surface area contributed by atoms with Crippen molar-refractivity contribution in [1.82, 2.24) is 10.3 Å². The molecule has 1 aromatic rings. The number of hydrogen-bond donors (Lipinski definition) is 1. The van der Waals surface area contributed by atoms with Crippen LogP contribution in [-0.4, -0.2) is 10.9 Å². The van der Waals surface area contributed by atoms with Crippen LogP contribution in [0.3, 0.4) is 0 Å². The van der Waals surface area contributed by atoms with Crippen LogP contribution in [0.1, 0.15) is 31.1 Å². The van der Waals surface area contributed by atoms with Crippen molar-refractivity contribution in [3.05, 3.63) is 29.3 Å². The molecule has 1 atom stereocenters. The number of rotatable bonds is 2. The SMILES string of the molecule is CC(=O)N[C@@H](C)c1ncc(C#N)cc1F. The Morgan fingerprint density at radius 2 is 2.40 bits per heavy atom. The molecule has 0 saturated heterocycles. The number of pyridine rings is 1. The number of carbonyl (C=O) groups excluding carboxylic acids is 1. The van der Waals surface area contributed by atoms with Crippen LogP contribution in [0.15, 0.2) is 12.3 Å². The third-order valence-corrected chi connectivity index (χ3v) is 1.83. The lowest BCUT2D eigenvalue weighted by molar-refractivity contribution is -0.119. The zero-order valence-corrected chi connectivity index (χ0v) is 8.41. The molecule has 1 aromatic heterocycles. The molecule has 0 unspecified atom stereocenters. The van der Waals surface area contributed by atoms with Crippen LogP contribution in [0, 0.1) is 17.1 Å². The van der Waals surface area contributed by atoms with E-state index in [1.165, 1.54) is 13.1 Å². The minimum atomic E-state index is -0.588. The average Bonchev–Trinajstić information content (AvgIpc) is 2.16. The minimum absolute atomic E-state index is 0.129. The first-order chi connectivity index (χ1) is 7.04. The quantitative estimate of drug-likeness (QED) is 0.794. The molecule has 1 heterocycles. The molecular formula is C10H10FN3O. The van der Waals surface area contributed by atoms with Gasteiger partial charge in [0.1, 0.15) is 11.9 Å². The van der Waals surface area contributed by atoms with Crippen LogP contribution in [-0.2, 0) is 4.79 Å². The van der Waals surface area contributed by atoms with Gasteiger partial charge in [-0.15, -0.1) is 0 Å². The first kappa shape index (κ1) is 11.1. The summed E-state index contributed by atoms with van der Waals surface area (Å²) in [7, 11) is 0. The Morgan fingerprint density at radius 3 is 2.87 bits per heavy atom. The number of amides is 1. The standard InChI is InChI=1S/C10H10FN3O/c1-6(14-7(2)15)10-9(11)3-8(4-12)5-13-10/h3,5-6H,1-2H3,(H,14,15)/t6-/m0/s1. The first-order valence-corrected chi connectivity index (χ1v) is 4.37. The Balaban J connectivity index is 2.96. The summed E-state index contributed by atoms with van der Waals surface area (Å²) in [5.41, 5.74) is 0.287. The maximum Gasteiger partial charge on any atom is 0.217 e. The molecule has 0 aliphatic heterocycles. The molecule has 78 valence electrons. The summed E-state index contributed by atoms with van der Waals surface area (Å²) >= 11 is 0. The van der Waals surface area contributed by atoms with Gasteiger partial charge in [-0.3, -0.25) is 9.78 Å². The summed E-state index contributed by atoms with van der Waals surface area (Å²) in [6.07, 6.45) is 1.27. The van der Waals surface area contributed by atoms with Crippen molar-refractivity contribution in [3.63, 3.8) is 0 Å². The Kier molecular flexibility index (Phi) is 3.34. The topological polar surface area (TPSA) is 65.8 Å². The molecule has 1 amide bonds. The van der Waals surface area contributed by atoms with Crippen molar-refractivity contribution in [2.75, 3.05) is 0 Å². The van der Waals surface area contributed by atoms with Crippen LogP contribution < -0.4 is 5.32 Å². The number of nitrogens with one attached hydrogen (secondary N) is 1. The van der Waals surface area contributed by atoms with E-state index in [1.54, 1.807) is 13.0 Å². The van der Waals surface area contributed by atoms with E-state index in [0.717, 1.165) is 6.07 Å². The van der Waals surface area contributed by atoms with Crippen LogP contribution in [0.25, 0.3) is 0 Å². The van der Waals surface area contributed by atoms with E-state index in [9.17, 15) is 9.18 Å². The lowest BCUT2D eigenvalue weighted by Crippen LogP contribution is -2.25. The molecule has 15 heavy (non-hydrogen) atoms. The first-order valence-electron chi connectivity index (χ1n) is 4.37. The second-order valence-electron chi connectivity index (χ2n) is 3.13. The predicted molar refractivity (Wildman–Crippen MR) is 51.1 cm³/mol. The average molecular weight is 207 g/mol. The van der Waals surface area contributed by atoms with Crippen molar-refractivity contribution in [3.8, 4) is 6.07 Å². The maximum absolute atomic E-state index is 13.4. The van der Waals surface area contributed by atoms with Gasteiger partial charge in [0.25, 0.3) is 0 Å². The smallest absolute Gasteiger partial charge is 0.217 e. The van der Waals surface area contributed by atoms with E-state index in [4.69, 9.17) is 5.26 Å². The fourth-order valence-corrected chi connectivity index (χ4v) is 1.20. The molecule has 0 radical (unpaired) electrons. The van der Waals surface area contributed by atoms with Gasteiger partial charge < -0.3 is 5.32 Å². The molecule has 0 spiro atoms. The summed E-state index contributed by atoms with van der Waals surface area (Å²) < 4.78 is 13.4. The lowest BCUT2D eigenvalue weighted by atomic mass is 10.2. The third kappa shape index (κ3) is 2.74. The zero-order valence-electron chi connectivity index (χ0n) is 8.41. The van der Waals surface area contributed by atoms with E-state index in [2.05, 4.69) is 10.3 Å². The largest absolute Gasteiger partial charge is 0.348 e.